The van der Waals surface area contributed by atoms with Crippen LogP contribution in [0, 0.1) is 11.6 Å². The Balaban J connectivity index is 2.00. The molecule has 4 aromatic rings. The number of para-hydroxylation sites is 1. The minimum Gasteiger partial charge on any atom is -0.432 e. The van der Waals surface area contributed by atoms with Crippen molar-refractivity contribution in [3.8, 4) is 22.8 Å². The molecule has 3 nitrogen and oxygen atoms in total. The van der Waals surface area contributed by atoms with Gasteiger partial charge in [-0.15, -0.1) is 11.3 Å². The largest absolute Gasteiger partial charge is 0.432 e. The number of rotatable bonds is 3. The second kappa shape index (κ2) is 7.35. The fourth-order valence-electron chi connectivity index (χ4n) is 3.08. The molecule has 0 saturated heterocycles. The molecule has 2 aromatic heterocycles. The van der Waals surface area contributed by atoms with Gasteiger partial charge in [-0.1, -0.05) is 50.6 Å². The minimum atomic E-state index is -0.795. The normalized spacial score (nSPS) is 11.8. The predicted molar refractivity (Wildman–Crippen MR) is 113 cm³/mol. The number of halogens is 3. The van der Waals surface area contributed by atoms with E-state index >= 15 is 0 Å². The maximum Gasteiger partial charge on any atom is 0.232 e. The van der Waals surface area contributed by atoms with Crippen molar-refractivity contribution >= 4 is 33.2 Å². The number of ether oxygens (including phenoxy) is 1. The van der Waals surface area contributed by atoms with Gasteiger partial charge in [-0.05, 0) is 35.2 Å². The zero-order valence-electron chi connectivity index (χ0n) is 16.0. The molecule has 7 heteroatoms. The summed E-state index contributed by atoms with van der Waals surface area (Å²) in [6, 6.07) is 11.0. The average molecular weight is 431 g/mol. The number of hydrogen-bond acceptors (Lipinski definition) is 4. The summed E-state index contributed by atoms with van der Waals surface area (Å²) in [5.41, 5.74) is 1.58. The molecule has 2 heterocycles. The minimum absolute atomic E-state index is 0.107. The van der Waals surface area contributed by atoms with Crippen molar-refractivity contribution in [2.24, 2.45) is 0 Å². The van der Waals surface area contributed by atoms with Crippen molar-refractivity contribution < 1.29 is 13.5 Å². The number of nitrogens with zero attached hydrogens (tertiary/aromatic N) is 2. The van der Waals surface area contributed by atoms with Gasteiger partial charge in [0.15, 0.2) is 11.6 Å². The molecule has 0 aliphatic rings. The van der Waals surface area contributed by atoms with Crippen LogP contribution in [0.15, 0.2) is 48.8 Å². The molecule has 0 atom stereocenters. The quantitative estimate of drug-likeness (QED) is 0.340. The van der Waals surface area contributed by atoms with E-state index in [0.717, 1.165) is 28.1 Å². The Kier molecular flexibility index (Phi) is 5.00. The first kappa shape index (κ1) is 19.7. The molecule has 29 heavy (non-hydrogen) atoms. The molecule has 0 radical (unpaired) electrons. The third-order valence-corrected chi connectivity index (χ3v) is 6.16. The van der Waals surface area contributed by atoms with E-state index in [1.807, 2.05) is 12.1 Å². The van der Waals surface area contributed by atoms with Gasteiger partial charge in [0.05, 0.1) is 5.39 Å². The van der Waals surface area contributed by atoms with E-state index in [0.29, 0.717) is 15.2 Å². The first-order chi connectivity index (χ1) is 13.8. The van der Waals surface area contributed by atoms with Crippen LogP contribution in [0.1, 0.15) is 25.6 Å². The summed E-state index contributed by atoms with van der Waals surface area (Å²) in [7, 11) is 0. The number of aromatic nitrogens is 2. The molecule has 0 N–H and O–H groups in total. The van der Waals surface area contributed by atoms with Crippen LogP contribution in [0.4, 0.5) is 8.78 Å². The van der Waals surface area contributed by atoms with Crippen molar-refractivity contribution in [1.29, 1.82) is 0 Å². The fourth-order valence-corrected chi connectivity index (χ4v) is 4.42. The van der Waals surface area contributed by atoms with Gasteiger partial charge in [0.25, 0.3) is 0 Å². The van der Waals surface area contributed by atoms with Crippen molar-refractivity contribution in [3.63, 3.8) is 0 Å². The average Bonchev–Trinajstić information content (AvgIpc) is 3.06. The molecule has 0 fully saturated rings. The van der Waals surface area contributed by atoms with E-state index in [2.05, 4.69) is 30.7 Å². The molecule has 0 amide bonds. The van der Waals surface area contributed by atoms with E-state index < -0.39 is 17.4 Å². The summed E-state index contributed by atoms with van der Waals surface area (Å²) in [6.07, 6.45) is 1.34. The molecular weight excluding hydrogens is 414 g/mol. The van der Waals surface area contributed by atoms with Crippen LogP contribution in [0.5, 0.6) is 11.6 Å². The van der Waals surface area contributed by atoms with Gasteiger partial charge in [-0.25, -0.2) is 18.7 Å². The summed E-state index contributed by atoms with van der Waals surface area (Å²) < 4.78 is 34.0. The van der Waals surface area contributed by atoms with Gasteiger partial charge in [0.1, 0.15) is 11.2 Å². The molecule has 0 saturated carbocycles. The van der Waals surface area contributed by atoms with Crippen molar-refractivity contribution in [1.82, 2.24) is 9.97 Å². The highest BCUT2D eigenvalue weighted by Gasteiger charge is 2.28. The lowest BCUT2D eigenvalue weighted by Gasteiger charge is -2.19. The fraction of sp³-hybridized carbons (Fsp3) is 0.182. The maximum absolute atomic E-state index is 14.2. The van der Waals surface area contributed by atoms with Gasteiger partial charge in [-0.3, -0.25) is 0 Å². The summed E-state index contributed by atoms with van der Waals surface area (Å²) in [6.45, 7) is 6.30. The Morgan fingerprint density at radius 3 is 2.24 bits per heavy atom. The highest BCUT2D eigenvalue weighted by Crippen LogP contribution is 2.47. The molecular formula is C22H17ClF2N2OS. The van der Waals surface area contributed by atoms with Crippen LogP contribution in [0.2, 0.25) is 5.02 Å². The van der Waals surface area contributed by atoms with Crippen LogP contribution < -0.4 is 4.74 Å². The Labute approximate surface area is 176 Å². The number of fused-ring (bicyclic) bond motifs is 1. The standard InChI is InChI=1S/C22H17ClF2N2OS/c1-22(2,3)19-16(12-7-9-13(23)10-8-12)17-20(26-11-27-21(17)29-19)28-18-14(24)5-4-6-15(18)25/h4-11H,1-3H3. The molecule has 148 valence electrons. The van der Waals surface area contributed by atoms with Gasteiger partial charge in [-0.2, -0.15) is 0 Å². The highest BCUT2D eigenvalue weighted by molar-refractivity contribution is 7.19. The lowest BCUT2D eigenvalue weighted by molar-refractivity contribution is 0.399. The Bertz CT molecular complexity index is 1180. The lowest BCUT2D eigenvalue weighted by Crippen LogP contribution is -2.10. The zero-order valence-corrected chi connectivity index (χ0v) is 17.5. The maximum atomic E-state index is 14.2. The Morgan fingerprint density at radius 1 is 0.966 bits per heavy atom. The number of hydrogen-bond donors (Lipinski definition) is 0. The van der Waals surface area contributed by atoms with Crippen molar-refractivity contribution in [2.75, 3.05) is 0 Å². The van der Waals surface area contributed by atoms with E-state index in [1.54, 1.807) is 12.1 Å². The zero-order chi connectivity index (χ0) is 20.8. The highest BCUT2D eigenvalue weighted by atomic mass is 35.5. The van der Waals surface area contributed by atoms with Gasteiger partial charge >= 0.3 is 0 Å². The molecule has 2 aromatic carbocycles. The first-order valence-corrected chi connectivity index (χ1v) is 10.1. The lowest BCUT2D eigenvalue weighted by atomic mass is 9.88. The topological polar surface area (TPSA) is 35.0 Å². The Hall–Kier alpha value is -2.57. The van der Waals surface area contributed by atoms with Crippen molar-refractivity contribution in [3.05, 3.63) is 70.3 Å². The summed E-state index contributed by atoms with van der Waals surface area (Å²) >= 11 is 7.58. The van der Waals surface area contributed by atoms with Gasteiger partial charge in [0.2, 0.25) is 11.6 Å². The summed E-state index contributed by atoms with van der Waals surface area (Å²) in [4.78, 5) is 10.3. The molecule has 0 aliphatic heterocycles. The third-order valence-electron chi connectivity index (χ3n) is 4.39. The van der Waals surface area contributed by atoms with Crippen LogP contribution in [-0.4, -0.2) is 9.97 Å². The third kappa shape index (κ3) is 3.70. The molecule has 0 spiro atoms. The summed E-state index contributed by atoms with van der Waals surface area (Å²) in [5.74, 6) is -1.97. The van der Waals surface area contributed by atoms with Crippen LogP contribution >= 0.6 is 22.9 Å². The van der Waals surface area contributed by atoms with E-state index in [9.17, 15) is 8.78 Å². The molecule has 4 rings (SSSR count). The molecule has 0 unspecified atom stereocenters. The number of benzene rings is 2. The van der Waals surface area contributed by atoms with E-state index in [1.165, 1.54) is 23.7 Å². The van der Waals surface area contributed by atoms with E-state index in [-0.39, 0.29) is 11.3 Å². The number of thiophene rings is 1. The van der Waals surface area contributed by atoms with E-state index in [4.69, 9.17) is 16.3 Å². The van der Waals surface area contributed by atoms with Crippen LogP contribution in [0.25, 0.3) is 21.3 Å². The first-order valence-electron chi connectivity index (χ1n) is 8.91. The smallest absolute Gasteiger partial charge is 0.232 e. The van der Waals surface area contributed by atoms with Crippen LogP contribution in [0.3, 0.4) is 0 Å². The van der Waals surface area contributed by atoms with Gasteiger partial charge in [0, 0.05) is 15.5 Å². The van der Waals surface area contributed by atoms with Crippen LogP contribution in [-0.2, 0) is 5.41 Å². The second-order valence-corrected chi connectivity index (χ2v) is 9.01. The van der Waals surface area contributed by atoms with Gasteiger partial charge < -0.3 is 4.74 Å². The second-order valence-electron chi connectivity index (χ2n) is 7.57. The summed E-state index contributed by atoms with van der Waals surface area (Å²) in [5, 5.41) is 1.24. The molecule has 0 bridgehead atoms. The predicted octanol–water partition coefficient (Wildman–Crippen LogP) is 7.38. The Morgan fingerprint density at radius 2 is 1.62 bits per heavy atom. The monoisotopic (exact) mass is 430 g/mol. The molecule has 0 aliphatic carbocycles. The SMILES string of the molecule is CC(C)(C)c1sc2ncnc(Oc3c(F)cccc3F)c2c1-c1ccc(Cl)cc1. The van der Waals surface area contributed by atoms with Crippen molar-refractivity contribution in [2.45, 2.75) is 26.2 Å².